The van der Waals surface area contributed by atoms with Crippen LogP contribution in [-0.2, 0) is 19.5 Å². The first-order valence-corrected chi connectivity index (χ1v) is 7.52. The van der Waals surface area contributed by atoms with Crippen LogP contribution in [0.5, 0.6) is 0 Å². The Hall–Kier alpha value is -2.07. The van der Waals surface area contributed by atoms with Crippen molar-refractivity contribution in [2.75, 3.05) is 0 Å². The van der Waals surface area contributed by atoms with Crippen molar-refractivity contribution in [3.05, 3.63) is 54.0 Å². The van der Waals surface area contributed by atoms with Gasteiger partial charge in [0.2, 0.25) is 0 Å². The molecular formula is C17H22N4. The van der Waals surface area contributed by atoms with E-state index in [4.69, 9.17) is 10.8 Å². The molecule has 3 rings (SSSR count). The monoisotopic (exact) mass is 282 g/mol. The van der Waals surface area contributed by atoms with Gasteiger partial charge in [0.1, 0.15) is 0 Å². The quantitative estimate of drug-likeness (QED) is 0.782. The molecule has 1 atom stereocenters. The minimum Gasteiger partial charge on any atom is -0.348 e. The summed E-state index contributed by atoms with van der Waals surface area (Å²) in [6.07, 6.45) is 5.19. The van der Waals surface area contributed by atoms with Crippen LogP contribution in [0.2, 0.25) is 0 Å². The van der Waals surface area contributed by atoms with E-state index in [1.54, 1.807) is 0 Å². The zero-order chi connectivity index (χ0) is 14.8. The van der Waals surface area contributed by atoms with Crippen molar-refractivity contribution in [1.82, 2.24) is 14.3 Å². The van der Waals surface area contributed by atoms with Gasteiger partial charge < -0.3 is 10.3 Å². The molecule has 110 valence electrons. The Morgan fingerprint density at radius 1 is 1.24 bits per heavy atom. The van der Waals surface area contributed by atoms with Gasteiger partial charge in [-0.05, 0) is 38.0 Å². The summed E-state index contributed by atoms with van der Waals surface area (Å²) in [6.45, 7) is 5.85. The van der Waals surface area contributed by atoms with Gasteiger partial charge in [-0.25, -0.2) is 0 Å². The molecule has 2 N–H and O–H groups in total. The van der Waals surface area contributed by atoms with E-state index in [1.807, 2.05) is 6.92 Å². The Morgan fingerprint density at radius 3 is 2.81 bits per heavy atom. The summed E-state index contributed by atoms with van der Waals surface area (Å²) in [7, 11) is 0. The second-order valence-electron chi connectivity index (χ2n) is 5.65. The van der Waals surface area contributed by atoms with Gasteiger partial charge >= 0.3 is 0 Å². The van der Waals surface area contributed by atoms with Gasteiger partial charge in [0.05, 0.1) is 17.8 Å². The average molecular weight is 282 g/mol. The number of para-hydroxylation sites is 1. The first kappa shape index (κ1) is 13.9. The van der Waals surface area contributed by atoms with Gasteiger partial charge in [-0.3, -0.25) is 4.68 Å². The van der Waals surface area contributed by atoms with Crippen LogP contribution < -0.4 is 5.73 Å². The lowest BCUT2D eigenvalue weighted by Gasteiger charge is -2.02. The van der Waals surface area contributed by atoms with Crippen molar-refractivity contribution in [1.29, 1.82) is 0 Å². The molecule has 2 heterocycles. The van der Waals surface area contributed by atoms with Crippen LogP contribution in [0.15, 0.2) is 42.7 Å². The number of nitrogens with two attached hydrogens (primary N) is 1. The molecule has 1 aromatic carbocycles. The fraction of sp³-hybridized carbons (Fsp3) is 0.353. The Balaban J connectivity index is 1.89. The average Bonchev–Trinajstić information content (AvgIpc) is 3.04. The predicted octanol–water partition coefficient (Wildman–Crippen LogP) is 2.80. The van der Waals surface area contributed by atoms with Crippen LogP contribution in [0, 0.1) is 0 Å². The second kappa shape index (κ2) is 5.74. The van der Waals surface area contributed by atoms with E-state index in [-0.39, 0.29) is 6.04 Å². The smallest absolute Gasteiger partial charge is 0.0900 e. The third-order valence-electron chi connectivity index (χ3n) is 3.74. The van der Waals surface area contributed by atoms with E-state index in [2.05, 4.69) is 58.9 Å². The van der Waals surface area contributed by atoms with E-state index in [1.165, 1.54) is 16.5 Å². The molecule has 0 fully saturated rings. The minimum absolute atomic E-state index is 0.195. The number of fused-ring (bicyclic) bond motifs is 1. The lowest BCUT2D eigenvalue weighted by Crippen LogP contribution is -2.17. The highest BCUT2D eigenvalue weighted by molar-refractivity contribution is 5.81. The molecule has 0 saturated heterocycles. The highest BCUT2D eigenvalue weighted by Crippen LogP contribution is 2.19. The summed E-state index contributed by atoms with van der Waals surface area (Å²) in [5.74, 6) is 0. The molecule has 0 aliphatic heterocycles. The normalized spacial score (nSPS) is 12.9. The molecule has 0 aliphatic carbocycles. The number of hydrogen-bond acceptors (Lipinski definition) is 2. The summed E-state index contributed by atoms with van der Waals surface area (Å²) < 4.78 is 4.25. The number of aryl methyl sites for hydroxylation is 1. The van der Waals surface area contributed by atoms with E-state index < -0.39 is 0 Å². The Labute approximate surface area is 125 Å². The highest BCUT2D eigenvalue weighted by atomic mass is 15.3. The van der Waals surface area contributed by atoms with Gasteiger partial charge in [0.25, 0.3) is 0 Å². The van der Waals surface area contributed by atoms with E-state index >= 15 is 0 Å². The summed E-state index contributed by atoms with van der Waals surface area (Å²) >= 11 is 0. The standard InChI is InChI=1S/C17H22N4/c1-3-21-17-7-5-4-6-15(17)16(19-21)12-20-9-8-14(11-20)10-13(2)18/h4-9,11,13H,3,10,12,18H2,1-2H3. The van der Waals surface area contributed by atoms with Crippen LogP contribution in [0.3, 0.4) is 0 Å². The van der Waals surface area contributed by atoms with Gasteiger partial charge in [-0.15, -0.1) is 0 Å². The molecule has 21 heavy (non-hydrogen) atoms. The van der Waals surface area contributed by atoms with Crippen molar-refractivity contribution in [2.24, 2.45) is 5.73 Å². The van der Waals surface area contributed by atoms with Crippen LogP contribution in [-0.4, -0.2) is 20.4 Å². The molecule has 2 aromatic heterocycles. The maximum Gasteiger partial charge on any atom is 0.0900 e. The van der Waals surface area contributed by atoms with Crippen LogP contribution in [0.1, 0.15) is 25.1 Å². The molecular weight excluding hydrogens is 260 g/mol. The summed E-state index contributed by atoms with van der Waals surface area (Å²) in [4.78, 5) is 0. The fourth-order valence-electron chi connectivity index (χ4n) is 2.81. The fourth-order valence-corrected chi connectivity index (χ4v) is 2.81. The molecule has 0 bridgehead atoms. The van der Waals surface area contributed by atoms with Crippen molar-refractivity contribution < 1.29 is 0 Å². The van der Waals surface area contributed by atoms with Crippen molar-refractivity contribution >= 4 is 10.9 Å². The van der Waals surface area contributed by atoms with Crippen molar-refractivity contribution in [2.45, 2.75) is 39.4 Å². The molecule has 0 spiro atoms. The Kier molecular flexibility index (Phi) is 3.80. The maximum absolute atomic E-state index is 5.86. The van der Waals surface area contributed by atoms with Gasteiger partial charge in [-0.1, -0.05) is 18.2 Å². The number of hydrogen-bond donors (Lipinski definition) is 1. The van der Waals surface area contributed by atoms with Crippen LogP contribution in [0.25, 0.3) is 10.9 Å². The van der Waals surface area contributed by atoms with Gasteiger partial charge in [0.15, 0.2) is 0 Å². The molecule has 4 heteroatoms. The molecule has 3 aromatic rings. The van der Waals surface area contributed by atoms with E-state index in [9.17, 15) is 0 Å². The Bertz CT molecular complexity index is 736. The lowest BCUT2D eigenvalue weighted by molar-refractivity contribution is 0.653. The lowest BCUT2D eigenvalue weighted by atomic mass is 10.1. The first-order chi connectivity index (χ1) is 10.2. The number of aromatic nitrogens is 3. The molecule has 0 radical (unpaired) electrons. The largest absolute Gasteiger partial charge is 0.348 e. The van der Waals surface area contributed by atoms with E-state index in [0.717, 1.165) is 25.2 Å². The predicted molar refractivity (Wildman–Crippen MR) is 86.3 cm³/mol. The minimum atomic E-state index is 0.195. The highest BCUT2D eigenvalue weighted by Gasteiger charge is 2.10. The SMILES string of the molecule is CCn1nc(Cn2ccc(CC(C)N)c2)c2ccccc21. The van der Waals surface area contributed by atoms with E-state index in [0.29, 0.717) is 0 Å². The van der Waals surface area contributed by atoms with Crippen LogP contribution in [0.4, 0.5) is 0 Å². The van der Waals surface area contributed by atoms with Crippen LogP contribution >= 0.6 is 0 Å². The third kappa shape index (κ3) is 2.85. The maximum atomic E-state index is 5.86. The zero-order valence-corrected chi connectivity index (χ0v) is 12.7. The molecule has 0 saturated carbocycles. The summed E-state index contributed by atoms with van der Waals surface area (Å²) in [6, 6.07) is 10.8. The number of benzene rings is 1. The number of nitrogens with zero attached hydrogens (tertiary/aromatic N) is 3. The topological polar surface area (TPSA) is 48.8 Å². The summed E-state index contributed by atoms with van der Waals surface area (Å²) in [5, 5.41) is 5.98. The molecule has 1 unspecified atom stereocenters. The summed E-state index contributed by atoms with van der Waals surface area (Å²) in [5.41, 5.74) is 9.47. The molecule has 4 nitrogen and oxygen atoms in total. The first-order valence-electron chi connectivity index (χ1n) is 7.52. The molecule has 0 amide bonds. The second-order valence-corrected chi connectivity index (χ2v) is 5.65. The zero-order valence-electron chi connectivity index (χ0n) is 12.7. The number of rotatable bonds is 5. The van der Waals surface area contributed by atoms with Crippen molar-refractivity contribution in [3.8, 4) is 0 Å². The Morgan fingerprint density at radius 2 is 2.05 bits per heavy atom. The molecule has 0 aliphatic rings. The van der Waals surface area contributed by atoms with Crippen molar-refractivity contribution in [3.63, 3.8) is 0 Å². The van der Waals surface area contributed by atoms with Gasteiger partial charge in [-0.2, -0.15) is 5.10 Å². The third-order valence-corrected chi connectivity index (χ3v) is 3.74. The van der Waals surface area contributed by atoms with Gasteiger partial charge in [0, 0.05) is 30.4 Å².